The molecule has 21 heavy (non-hydrogen) atoms. The molecule has 0 radical (unpaired) electrons. The Morgan fingerprint density at radius 2 is 1.71 bits per heavy atom. The van der Waals surface area contributed by atoms with Crippen molar-refractivity contribution in [2.75, 3.05) is 0 Å². The van der Waals surface area contributed by atoms with E-state index in [1.807, 2.05) is 0 Å². The zero-order valence-electron chi connectivity index (χ0n) is 12.8. The van der Waals surface area contributed by atoms with Gasteiger partial charge in [0.25, 0.3) is 0 Å². The number of rotatable bonds is 2. The maximum atomic E-state index is 13.0. The Balaban J connectivity index is 2.31. The minimum atomic E-state index is -3.51. The highest BCUT2D eigenvalue weighted by Gasteiger charge is 2.41. The summed E-state index contributed by atoms with van der Waals surface area (Å²) in [5, 5.41) is -0.582. The van der Waals surface area contributed by atoms with Crippen LogP contribution in [-0.2, 0) is 9.84 Å². The predicted molar refractivity (Wildman–Crippen MR) is 82.1 cm³/mol. The first-order valence-electron chi connectivity index (χ1n) is 7.37. The highest BCUT2D eigenvalue weighted by molar-refractivity contribution is 7.92. The van der Waals surface area contributed by atoms with Crippen LogP contribution < -0.4 is 5.73 Å². The van der Waals surface area contributed by atoms with Crippen molar-refractivity contribution in [2.24, 2.45) is 17.1 Å². The molecular formula is C16H24FNO2S. The SMILES string of the molecule is CC(C)(C)C1CCC(N)C(S(=O)(=O)c2ccc(F)cc2)C1. The molecule has 0 bridgehead atoms. The lowest BCUT2D eigenvalue weighted by Gasteiger charge is -2.40. The minimum Gasteiger partial charge on any atom is -0.327 e. The average molecular weight is 313 g/mol. The van der Waals surface area contributed by atoms with Crippen LogP contribution in [0.3, 0.4) is 0 Å². The number of halogens is 1. The third-order valence-electron chi connectivity index (χ3n) is 4.61. The molecule has 1 aromatic carbocycles. The Kier molecular flexibility index (Phi) is 4.45. The lowest BCUT2D eigenvalue weighted by Crippen LogP contribution is -2.47. The van der Waals surface area contributed by atoms with Gasteiger partial charge < -0.3 is 5.73 Å². The zero-order chi connectivity index (χ0) is 15.8. The first-order chi connectivity index (χ1) is 9.62. The van der Waals surface area contributed by atoms with Gasteiger partial charge in [0, 0.05) is 6.04 Å². The fourth-order valence-electron chi connectivity index (χ4n) is 3.10. The summed E-state index contributed by atoms with van der Waals surface area (Å²) < 4.78 is 38.6. The molecule has 0 spiro atoms. The van der Waals surface area contributed by atoms with Crippen LogP contribution in [0.15, 0.2) is 29.2 Å². The van der Waals surface area contributed by atoms with Gasteiger partial charge in [-0.2, -0.15) is 0 Å². The van der Waals surface area contributed by atoms with E-state index in [0.717, 1.165) is 6.42 Å². The third kappa shape index (κ3) is 3.46. The van der Waals surface area contributed by atoms with Gasteiger partial charge in [0.1, 0.15) is 5.82 Å². The summed E-state index contributed by atoms with van der Waals surface area (Å²) >= 11 is 0. The van der Waals surface area contributed by atoms with Crippen molar-refractivity contribution in [3.8, 4) is 0 Å². The van der Waals surface area contributed by atoms with E-state index in [1.54, 1.807) is 0 Å². The molecule has 3 atom stereocenters. The van der Waals surface area contributed by atoms with Crippen LogP contribution in [0.2, 0.25) is 0 Å². The van der Waals surface area contributed by atoms with Gasteiger partial charge in [0.05, 0.1) is 10.1 Å². The maximum absolute atomic E-state index is 13.0. The summed E-state index contributed by atoms with van der Waals surface area (Å²) in [4.78, 5) is 0.166. The van der Waals surface area contributed by atoms with E-state index >= 15 is 0 Å². The molecule has 1 saturated carbocycles. The van der Waals surface area contributed by atoms with Crippen LogP contribution in [0, 0.1) is 17.2 Å². The van der Waals surface area contributed by atoms with Crippen LogP contribution in [0.4, 0.5) is 4.39 Å². The molecule has 3 unspecified atom stereocenters. The number of benzene rings is 1. The minimum absolute atomic E-state index is 0.0662. The lowest BCUT2D eigenvalue weighted by atomic mass is 9.71. The van der Waals surface area contributed by atoms with E-state index in [-0.39, 0.29) is 16.4 Å². The molecule has 2 N–H and O–H groups in total. The van der Waals surface area contributed by atoms with E-state index in [1.165, 1.54) is 24.3 Å². The van der Waals surface area contributed by atoms with E-state index in [0.29, 0.717) is 18.8 Å². The van der Waals surface area contributed by atoms with Crippen LogP contribution >= 0.6 is 0 Å². The number of hydrogen-bond acceptors (Lipinski definition) is 3. The molecule has 2 rings (SSSR count). The Hall–Kier alpha value is -0.940. The number of hydrogen-bond donors (Lipinski definition) is 1. The van der Waals surface area contributed by atoms with E-state index in [9.17, 15) is 12.8 Å². The second-order valence-corrected chi connectivity index (χ2v) is 9.24. The van der Waals surface area contributed by atoms with Crippen molar-refractivity contribution in [1.82, 2.24) is 0 Å². The maximum Gasteiger partial charge on any atom is 0.182 e. The van der Waals surface area contributed by atoms with Gasteiger partial charge in [-0.3, -0.25) is 0 Å². The summed E-state index contributed by atoms with van der Waals surface area (Å²) in [5.74, 6) is -0.105. The van der Waals surface area contributed by atoms with Crippen LogP contribution in [0.5, 0.6) is 0 Å². The molecule has 0 saturated heterocycles. The molecule has 0 amide bonds. The smallest absolute Gasteiger partial charge is 0.182 e. The summed E-state index contributed by atoms with van der Waals surface area (Å²) in [6.07, 6.45) is 2.25. The molecule has 118 valence electrons. The summed E-state index contributed by atoms with van der Waals surface area (Å²) in [6.45, 7) is 6.41. The van der Waals surface area contributed by atoms with Crippen LogP contribution in [0.25, 0.3) is 0 Å². The van der Waals surface area contributed by atoms with Crippen molar-refractivity contribution in [2.45, 2.75) is 56.2 Å². The molecule has 1 fully saturated rings. The summed E-state index contributed by atoms with van der Waals surface area (Å²) in [7, 11) is -3.51. The first-order valence-corrected chi connectivity index (χ1v) is 8.92. The fourth-order valence-corrected chi connectivity index (χ4v) is 5.04. The average Bonchev–Trinajstić information content (AvgIpc) is 2.38. The normalized spacial score (nSPS) is 27.6. The molecule has 1 aromatic rings. The lowest BCUT2D eigenvalue weighted by molar-refractivity contribution is 0.171. The summed E-state index contributed by atoms with van der Waals surface area (Å²) in [5.41, 5.74) is 6.15. The predicted octanol–water partition coefficient (Wildman–Crippen LogP) is 3.14. The van der Waals surface area contributed by atoms with E-state index < -0.39 is 20.9 Å². The Bertz CT molecular complexity index is 590. The van der Waals surface area contributed by atoms with Gasteiger partial charge in [0.15, 0.2) is 9.84 Å². The van der Waals surface area contributed by atoms with E-state index in [4.69, 9.17) is 5.73 Å². The highest BCUT2D eigenvalue weighted by Crippen LogP contribution is 2.40. The number of nitrogens with two attached hydrogens (primary N) is 1. The first kappa shape index (κ1) is 16.4. The second-order valence-electron chi connectivity index (χ2n) is 7.08. The van der Waals surface area contributed by atoms with Crippen molar-refractivity contribution >= 4 is 9.84 Å². The quantitative estimate of drug-likeness (QED) is 0.853. The van der Waals surface area contributed by atoms with Gasteiger partial charge in [-0.25, -0.2) is 12.8 Å². The molecule has 0 aliphatic heterocycles. The Morgan fingerprint density at radius 3 is 2.24 bits per heavy atom. The Labute approximate surface area is 126 Å². The standard InChI is InChI=1S/C16H24FNO2S/c1-16(2,3)11-4-9-14(18)15(10-11)21(19,20)13-7-5-12(17)6-8-13/h5-8,11,14-15H,4,9-10,18H2,1-3H3. The van der Waals surface area contributed by atoms with Crippen molar-refractivity contribution in [3.63, 3.8) is 0 Å². The largest absolute Gasteiger partial charge is 0.327 e. The van der Waals surface area contributed by atoms with Crippen LogP contribution in [0.1, 0.15) is 40.0 Å². The molecule has 3 nitrogen and oxygen atoms in total. The second kappa shape index (κ2) is 5.69. The molecule has 1 aliphatic carbocycles. The zero-order valence-corrected chi connectivity index (χ0v) is 13.7. The molecular weight excluding hydrogens is 289 g/mol. The molecule has 0 heterocycles. The Morgan fingerprint density at radius 1 is 1.14 bits per heavy atom. The highest BCUT2D eigenvalue weighted by atomic mass is 32.2. The molecule has 0 aromatic heterocycles. The van der Waals surface area contributed by atoms with Gasteiger partial charge in [0.2, 0.25) is 0 Å². The summed E-state index contributed by atoms with van der Waals surface area (Å²) in [6, 6.07) is 4.68. The van der Waals surface area contributed by atoms with Crippen molar-refractivity contribution < 1.29 is 12.8 Å². The van der Waals surface area contributed by atoms with Gasteiger partial charge in [-0.05, 0) is 54.9 Å². The van der Waals surface area contributed by atoms with Crippen molar-refractivity contribution in [1.29, 1.82) is 0 Å². The number of sulfone groups is 1. The van der Waals surface area contributed by atoms with Gasteiger partial charge in [-0.1, -0.05) is 20.8 Å². The van der Waals surface area contributed by atoms with Gasteiger partial charge in [-0.15, -0.1) is 0 Å². The van der Waals surface area contributed by atoms with E-state index in [2.05, 4.69) is 20.8 Å². The topological polar surface area (TPSA) is 60.2 Å². The monoisotopic (exact) mass is 313 g/mol. The van der Waals surface area contributed by atoms with Crippen LogP contribution in [-0.4, -0.2) is 19.7 Å². The van der Waals surface area contributed by atoms with Crippen molar-refractivity contribution in [3.05, 3.63) is 30.1 Å². The third-order valence-corrected chi connectivity index (χ3v) is 6.88. The fraction of sp³-hybridized carbons (Fsp3) is 0.625. The van der Waals surface area contributed by atoms with Gasteiger partial charge >= 0.3 is 0 Å². The molecule has 5 heteroatoms. The molecule has 1 aliphatic rings.